The monoisotopic (exact) mass is 269 g/mol. The maximum atomic E-state index is 5.55. The third-order valence-electron chi connectivity index (χ3n) is 3.15. The molecule has 0 aliphatic heterocycles. The number of hydrogen-bond acceptors (Lipinski definition) is 3. The average molecular weight is 269 g/mol. The summed E-state index contributed by atoms with van der Waals surface area (Å²) in [4.78, 5) is 4.71. The van der Waals surface area contributed by atoms with Crippen LogP contribution in [0, 0.1) is 13.8 Å². The molecule has 3 aromatic rings. The number of fused-ring (bicyclic) bond motifs is 1. The van der Waals surface area contributed by atoms with E-state index in [-0.39, 0.29) is 0 Å². The molecule has 0 N–H and O–H groups in total. The van der Waals surface area contributed by atoms with Crippen molar-refractivity contribution < 1.29 is 4.74 Å². The number of ether oxygens (including phenoxy) is 1. The summed E-state index contributed by atoms with van der Waals surface area (Å²) in [6.07, 6.45) is 0. The minimum Gasteiger partial charge on any atom is -0.496 e. The van der Waals surface area contributed by atoms with E-state index in [1.807, 2.05) is 18.2 Å². The number of para-hydroxylation sites is 1. The van der Waals surface area contributed by atoms with Gasteiger partial charge in [0.05, 0.1) is 22.9 Å². The van der Waals surface area contributed by atoms with E-state index in [1.165, 1.54) is 10.3 Å². The number of benzene rings is 2. The molecular formula is C16H15NOS. The van der Waals surface area contributed by atoms with Crippen LogP contribution in [0.2, 0.25) is 0 Å². The molecule has 0 aliphatic carbocycles. The van der Waals surface area contributed by atoms with E-state index in [0.29, 0.717) is 0 Å². The van der Waals surface area contributed by atoms with Crippen LogP contribution in [0.15, 0.2) is 36.4 Å². The van der Waals surface area contributed by atoms with Crippen molar-refractivity contribution in [2.45, 2.75) is 13.8 Å². The predicted molar refractivity (Wildman–Crippen MR) is 81.1 cm³/mol. The lowest BCUT2D eigenvalue weighted by Crippen LogP contribution is -1.92. The average Bonchev–Trinajstić information content (AvgIpc) is 2.81. The minimum atomic E-state index is 0.921. The van der Waals surface area contributed by atoms with E-state index in [9.17, 15) is 0 Å². The lowest BCUT2D eigenvalue weighted by atomic mass is 10.1. The summed E-state index contributed by atoms with van der Waals surface area (Å²) in [6.45, 7) is 4.17. The highest BCUT2D eigenvalue weighted by Crippen LogP contribution is 2.38. The first-order valence-electron chi connectivity index (χ1n) is 6.20. The number of nitrogens with zero attached hydrogens (tertiary/aromatic N) is 1. The van der Waals surface area contributed by atoms with Gasteiger partial charge in [-0.2, -0.15) is 0 Å². The topological polar surface area (TPSA) is 22.1 Å². The van der Waals surface area contributed by atoms with Gasteiger partial charge in [-0.1, -0.05) is 18.2 Å². The Morgan fingerprint density at radius 3 is 2.63 bits per heavy atom. The zero-order chi connectivity index (χ0) is 13.4. The largest absolute Gasteiger partial charge is 0.496 e. The summed E-state index contributed by atoms with van der Waals surface area (Å²) in [6, 6.07) is 12.5. The van der Waals surface area contributed by atoms with Crippen molar-refractivity contribution in [2.75, 3.05) is 7.11 Å². The van der Waals surface area contributed by atoms with Crippen LogP contribution in [0.3, 0.4) is 0 Å². The van der Waals surface area contributed by atoms with Gasteiger partial charge in [0.25, 0.3) is 0 Å². The van der Waals surface area contributed by atoms with E-state index < -0.39 is 0 Å². The second-order valence-electron chi connectivity index (χ2n) is 4.65. The highest BCUT2D eigenvalue weighted by molar-refractivity contribution is 7.21. The molecule has 0 bridgehead atoms. The first-order valence-corrected chi connectivity index (χ1v) is 7.02. The molecule has 0 aliphatic rings. The molecule has 1 aromatic heterocycles. The molecule has 3 heteroatoms. The number of rotatable bonds is 2. The van der Waals surface area contributed by atoms with Gasteiger partial charge in [-0.15, -0.1) is 11.3 Å². The molecule has 2 nitrogen and oxygen atoms in total. The third-order valence-corrected chi connectivity index (χ3v) is 4.22. The predicted octanol–water partition coefficient (Wildman–Crippen LogP) is 4.59. The van der Waals surface area contributed by atoms with Crippen molar-refractivity contribution in [3.63, 3.8) is 0 Å². The smallest absolute Gasteiger partial charge is 0.132 e. The molecule has 0 amide bonds. The maximum absolute atomic E-state index is 5.55. The van der Waals surface area contributed by atoms with Crippen LogP contribution in [0.4, 0.5) is 0 Å². The number of methoxy groups -OCH3 is 1. The van der Waals surface area contributed by atoms with Crippen molar-refractivity contribution in [1.82, 2.24) is 4.98 Å². The molecule has 0 unspecified atom stereocenters. The molecule has 1 heterocycles. The van der Waals surface area contributed by atoms with Gasteiger partial charge in [0, 0.05) is 0 Å². The Hall–Kier alpha value is -1.87. The SMILES string of the molecule is COc1c(C)cc(C)cc1-c1nc2ccccc2s1. The summed E-state index contributed by atoms with van der Waals surface area (Å²) in [5.74, 6) is 0.921. The lowest BCUT2D eigenvalue weighted by Gasteiger charge is -2.10. The fourth-order valence-corrected chi connectivity index (χ4v) is 3.35. The molecule has 0 radical (unpaired) electrons. The molecule has 2 aromatic carbocycles. The van der Waals surface area contributed by atoms with E-state index in [4.69, 9.17) is 9.72 Å². The fourth-order valence-electron chi connectivity index (χ4n) is 2.37. The van der Waals surface area contributed by atoms with Gasteiger partial charge in [-0.25, -0.2) is 4.98 Å². The van der Waals surface area contributed by atoms with Gasteiger partial charge >= 0.3 is 0 Å². The third kappa shape index (κ3) is 2.10. The zero-order valence-corrected chi connectivity index (χ0v) is 12.0. The van der Waals surface area contributed by atoms with Crippen molar-refractivity contribution >= 4 is 21.6 Å². The summed E-state index contributed by atoms with van der Waals surface area (Å²) < 4.78 is 6.76. The Bertz CT molecular complexity index is 713. The molecule has 0 fully saturated rings. The molecular weight excluding hydrogens is 254 g/mol. The highest BCUT2D eigenvalue weighted by atomic mass is 32.1. The Kier molecular flexibility index (Phi) is 2.99. The molecule has 19 heavy (non-hydrogen) atoms. The van der Waals surface area contributed by atoms with Gasteiger partial charge in [0.2, 0.25) is 0 Å². The fraction of sp³-hybridized carbons (Fsp3) is 0.188. The summed E-state index contributed by atoms with van der Waals surface area (Å²) in [7, 11) is 1.72. The van der Waals surface area contributed by atoms with Gasteiger partial charge in [0.1, 0.15) is 10.8 Å². The minimum absolute atomic E-state index is 0.921. The van der Waals surface area contributed by atoms with E-state index in [1.54, 1.807) is 18.4 Å². The lowest BCUT2D eigenvalue weighted by molar-refractivity contribution is 0.413. The Morgan fingerprint density at radius 1 is 1.11 bits per heavy atom. The molecule has 0 saturated heterocycles. The van der Waals surface area contributed by atoms with E-state index >= 15 is 0 Å². The van der Waals surface area contributed by atoms with E-state index in [2.05, 4.69) is 32.0 Å². The van der Waals surface area contributed by atoms with Crippen LogP contribution in [0.5, 0.6) is 5.75 Å². The zero-order valence-electron chi connectivity index (χ0n) is 11.2. The number of aryl methyl sites for hydroxylation is 2. The highest BCUT2D eigenvalue weighted by Gasteiger charge is 2.13. The van der Waals surface area contributed by atoms with Crippen molar-refractivity contribution in [1.29, 1.82) is 0 Å². The van der Waals surface area contributed by atoms with Crippen LogP contribution in [-0.4, -0.2) is 12.1 Å². The van der Waals surface area contributed by atoms with Crippen molar-refractivity contribution in [3.8, 4) is 16.3 Å². The van der Waals surface area contributed by atoms with Crippen LogP contribution in [0.1, 0.15) is 11.1 Å². The maximum Gasteiger partial charge on any atom is 0.132 e. The Balaban J connectivity index is 2.25. The van der Waals surface area contributed by atoms with Crippen molar-refractivity contribution in [2.24, 2.45) is 0 Å². The van der Waals surface area contributed by atoms with Crippen LogP contribution < -0.4 is 4.74 Å². The number of thiazole rings is 1. The molecule has 0 atom stereocenters. The van der Waals surface area contributed by atoms with Crippen molar-refractivity contribution in [3.05, 3.63) is 47.5 Å². The van der Waals surface area contributed by atoms with Crippen LogP contribution in [0.25, 0.3) is 20.8 Å². The molecule has 0 spiro atoms. The summed E-state index contributed by atoms with van der Waals surface area (Å²) in [5.41, 5.74) is 4.51. The van der Waals surface area contributed by atoms with Gasteiger partial charge in [-0.3, -0.25) is 0 Å². The van der Waals surface area contributed by atoms with Gasteiger partial charge in [-0.05, 0) is 43.2 Å². The first-order chi connectivity index (χ1) is 9.19. The Labute approximate surface area is 116 Å². The molecule has 3 rings (SSSR count). The normalized spacial score (nSPS) is 10.9. The molecule has 0 saturated carbocycles. The van der Waals surface area contributed by atoms with Gasteiger partial charge < -0.3 is 4.74 Å². The number of hydrogen-bond donors (Lipinski definition) is 0. The van der Waals surface area contributed by atoms with Gasteiger partial charge in [0.15, 0.2) is 0 Å². The quantitative estimate of drug-likeness (QED) is 0.679. The second kappa shape index (κ2) is 4.67. The number of aromatic nitrogens is 1. The summed E-state index contributed by atoms with van der Waals surface area (Å²) >= 11 is 1.71. The summed E-state index contributed by atoms with van der Waals surface area (Å²) in [5, 5.41) is 1.02. The van der Waals surface area contributed by atoms with Crippen LogP contribution in [-0.2, 0) is 0 Å². The first kappa shape index (κ1) is 12.2. The Morgan fingerprint density at radius 2 is 1.89 bits per heavy atom. The van der Waals surface area contributed by atoms with E-state index in [0.717, 1.165) is 27.4 Å². The molecule has 96 valence electrons. The second-order valence-corrected chi connectivity index (χ2v) is 5.68. The van der Waals surface area contributed by atoms with Crippen LogP contribution >= 0.6 is 11.3 Å². The standard InChI is InChI=1S/C16H15NOS/c1-10-8-11(2)15(18-3)12(9-10)16-17-13-6-4-5-7-14(13)19-16/h4-9H,1-3H3.